The number of esters is 3. The summed E-state index contributed by atoms with van der Waals surface area (Å²) >= 11 is 0. The number of carbonyl (C=O) groups excluding carboxylic acids is 14. The van der Waals surface area contributed by atoms with Crippen molar-refractivity contribution < 1.29 is 81.3 Å². The standard InChI is InChI=1S/C36H48N6O6.C33H44N6O6.C29H38N6O5/c1-22(2)31-32(44)38-29(21-30(43)41-17-7-6-8-18-41)33(45)42-19-9-10-27(40-42)34(46)48-23(3)26-14-13-25-12-11-24(20-28(25)37-26)15-16-36(4,5)35(47)39-31;1-19(2)28-29(41)35-26(18-27(40)38(6)7)30(42)39-16-8-9-24(37-39)31(43)45-20(3)23-13-12-22-11-10-21(17-25(22)34-23)14-15-33(4,5)32(44)36-28;1-16(2)23-25(36)31-17(3)26(37)35-13-7-8-21(34-35)27(38)40-18(4)24-30-15-20-10-9-19(14-22(20)32-24)11-12-29(5,6)28(39)33-23/h11-16,20,22-23,27,29,31,40H,6-10,17-19,21H2,1-5H3,(H,38,44)(H,39,47);10-15,17,19-20,24,26,28,37H,8-9,16,18H2,1-7H3,(H,35,41)(H,36,44);9-12,14-18,21,23,34H,7-8,13H2,1-6H3,(H,31,36)(H,33,39)/b16-15+;15-14+;12-11+/t23-,27?,29+,31+;20-,24?,26+,28+;17-,18?,21?,23-/m110/s1. The molecule has 10 heterocycles. The van der Waals surface area contributed by atoms with E-state index in [-0.39, 0.29) is 73.2 Å². The zero-order valence-electron chi connectivity index (χ0n) is 79.5. The molecule has 714 valence electrons. The van der Waals surface area contributed by atoms with Gasteiger partial charge in [0.25, 0.3) is 17.7 Å². The van der Waals surface area contributed by atoms with Gasteiger partial charge >= 0.3 is 17.9 Å². The predicted molar refractivity (Wildman–Crippen MR) is 499 cm³/mol. The number of hydrogen-bond acceptors (Lipinski definition) is 24. The quantitative estimate of drug-likeness (QED) is 0.0535. The van der Waals surface area contributed by atoms with E-state index >= 15 is 0 Å². The highest BCUT2D eigenvalue weighted by atomic mass is 16.6. The number of carbonyl (C=O) groups is 14. The van der Waals surface area contributed by atoms with Crippen molar-refractivity contribution >= 4 is 134 Å². The number of hydrogen-bond donors (Lipinski definition) is 9. The molecule has 35 nitrogen and oxygen atoms in total. The molecular weight excluding hydrogens is 1700 g/mol. The molecule has 11 amide bonds. The third kappa shape index (κ3) is 26.1. The lowest BCUT2D eigenvalue weighted by Gasteiger charge is -2.36. The molecule has 133 heavy (non-hydrogen) atoms. The molecule has 15 bridgehead atoms. The van der Waals surface area contributed by atoms with Crippen LogP contribution in [-0.4, -0.2) is 229 Å². The van der Waals surface area contributed by atoms with Crippen molar-refractivity contribution in [2.24, 2.45) is 34.0 Å². The van der Waals surface area contributed by atoms with Crippen molar-refractivity contribution in [3.63, 3.8) is 0 Å². The third-order valence-electron chi connectivity index (χ3n) is 24.9. The number of fused-ring (bicyclic) bond motifs is 12. The minimum atomic E-state index is -1.24. The van der Waals surface area contributed by atoms with Gasteiger partial charge in [0.05, 0.1) is 57.0 Å². The Morgan fingerprint density at radius 3 is 1.17 bits per heavy atom. The number of piperidine rings is 1. The Hall–Kier alpha value is -12.5. The fourth-order valence-corrected chi connectivity index (χ4v) is 16.0. The number of benzene rings is 3. The molecule has 0 radical (unpaired) electrons. The summed E-state index contributed by atoms with van der Waals surface area (Å²) in [6, 6.07) is 16.1. The summed E-state index contributed by atoms with van der Waals surface area (Å²) < 4.78 is 17.3. The zero-order valence-corrected chi connectivity index (χ0v) is 79.5. The zero-order chi connectivity index (χ0) is 96.8. The van der Waals surface area contributed by atoms with Gasteiger partial charge in [-0.1, -0.05) is 127 Å². The molecule has 4 unspecified atom stereocenters. The van der Waals surface area contributed by atoms with Crippen LogP contribution < -0.4 is 48.2 Å². The minimum Gasteiger partial charge on any atom is -0.455 e. The first-order valence-corrected chi connectivity index (χ1v) is 46.2. The van der Waals surface area contributed by atoms with Gasteiger partial charge < -0.3 is 55.9 Å². The molecule has 4 fully saturated rings. The van der Waals surface area contributed by atoms with E-state index in [9.17, 15) is 67.1 Å². The Labute approximate surface area is 776 Å². The highest BCUT2D eigenvalue weighted by Gasteiger charge is 2.43. The summed E-state index contributed by atoms with van der Waals surface area (Å²) in [6.45, 7) is 30.3. The Morgan fingerprint density at radius 1 is 0.421 bits per heavy atom. The molecule has 12 atom stereocenters. The van der Waals surface area contributed by atoms with Crippen LogP contribution in [0.3, 0.4) is 0 Å². The molecule has 13 rings (SSSR count). The molecule has 9 N–H and O–H groups in total. The first-order valence-electron chi connectivity index (χ1n) is 46.2. The largest absolute Gasteiger partial charge is 0.455 e. The molecule has 7 aliphatic rings. The molecule has 4 saturated heterocycles. The monoisotopic (exact) mass is 1830 g/mol. The molecule has 6 aromatic rings. The summed E-state index contributed by atoms with van der Waals surface area (Å²) in [5.74, 6) is -6.88. The maximum absolute atomic E-state index is 14.0. The van der Waals surface area contributed by atoms with Crippen molar-refractivity contribution in [3.05, 3.63) is 137 Å². The van der Waals surface area contributed by atoms with Crippen LogP contribution in [0.4, 0.5) is 0 Å². The average molecular weight is 1830 g/mol. The van der Waals surface area contributed by atoms with E-state index in [0.29, 0.717) is 91.9 Å². The number of amides is 11. The van der Waals surface area contributed by atoms with Gasteiger partial charge in [0.15, 0.2) is 11.9 Å². The maximum Gasteiger partial charge on any atom is 0.325 e. The highest BCUT2D eigenvalue weighted by Crippen LogP contribution is 2.31. The number of hydrazine groups is 3. The summed E-state index contributed by atoms with van der Waals surface area (Å²) in [6.07, 6.45) is 15.7. The molecule has 0 spiro atoms. The van der Waals surface area contributed by atoms with E-state index in [4.69, 9.17) is 24.2 Å². The van der Waals surface area contributed by atoms with Crippen LogP contribution in [0.25, 0.3) is 50.9 Å². The number of cyclic esters (lactones) is 3. The number of likely N-dealkylation sites (tertiary alicyclic amines) is 1. The van der Waals surface area contributed by atoms with Gasteiger partial charge in [-0.25, -0.2) is 36.2 Å². The van der Waals surface area contributed by atoms with Gasteiger partial charge in [-0.2, -0.15) is 0 Å². The minimum absolute atomic E-state index is 0.226. The fraction of sp³-hybridized carbons (Fsp3) is 0.531. The third-order valence-corrected chi connectivity index (χ3v) is 24.9. The smallest absolute Gasteiger partial charge is 0.325 e. The lowest BCUT2D eigenvalue weighted by molar-refractivity contribution is -0.158. The predicted octanol–water partition coefficient (Wildman–Crippen LogP) is 8.34. The first kappa shape index (κ1) is 101. The van der Waals surface area contributed by atoms with Gasteiger partial charge in [0.1, 0.15) is 66.6 Å². The molecule has 7 aliphatic heterocycles. The van der Waals surface area contributed by atoms with Crippen molar-refractivity contribution in [3.8, 4) is 0 Å². The SMILES string of the molecule is CC(C)[C@@H]1NC(=O)C(C)(C)/C=C/c2ccc3ccc(nc3c2)[C@@H](C)OC(=O)C2CCCN(N2)C(=O)[C@H](CC(=O)N(C)C)NC1=O.CC(C)[C@@H]1NC(=O)C(C)(C)/C=C/c2ccc3ccc(nc3c2)[C@@H](C)OC(=O)C2CCCN(N2)C(=O)[C@H](CC(=O)N2CCCCC2)NC1=O.CC1OC(=O)C2CCCN(N2)C(=O)[C@H](C)NC(=O)[C@H](C(C)C)NC(=O)C(C)(C)/C=C/c2ccc3cnc1nc3c2. The van der Waals surface area contributed by atoms with E-state index in [2.05, 4.69) is 58.1 Å². The average Bonchev–Trinajstić information content (AvgIpc) is 1.69. The van der Waals surface area contributed by atoms with Gasteiger partial charge in [-0.15, -0.1) is 0 Å². The second kappa shape index (κ2) is 43.9. The number of nitrogens with zero attached hydrogens (tertiary/aromatic N) is 9. The van der Waals surface area contributed by atoms with E-state index in [1.807, 2.05) is 125 Å². The Balaban J connectivity index is 0.000000193. The van der Waals surface area contributed by atoms with Crippen LogP contribution in [0.2, 0.25) is 0 Å². The highest BCUT2D eigenvalue weighted by molar-refractivity contribution is 5.99. The molecular formula is C98H130N18O17. The van der Waals surface area contributed by atoms with Crippen molar-refractivity contribution in [1.29, 1.82) is 0 Å². The van der Waals surface area contributed by atoms with Gasteiger partial charge in [-0.3, -0.25) is 82.2 Å². The second-order valence-electron chi connectivity index (χ2n) is 38.3. The van der Waals surface area contributed by atoms with Gasteiger partial charge in [-0.05, 0) is 192 Å². The molecule has 3 aromatic heterocycles. The van der Waals surface area contributed by atoms with E-state index < -0.39 is 142 Å². The molecule has 0 aliphatic carbocycles. The first-order chi connectivity index (χ1) is 62.8. The van der Waals surface area contributed by atoms with Crippen LogP contribution >= 0.6 is 0 Å². The number of ether oxygens (including phenoxy) is 3. The van der Waals surface area contributed by atoms with Gasteiger partial charge in [0, 0.05) is 69.2 Å². The fourth-order valence-electron chi connectivity index (χ4n) is 16.0. The second-order valence-corrected chi connectivity index (χ2v) is 38.3. The Kier molecular flexibility index (Phi) is 33.4. The van der Waals surface area contributed by atoms with Crippen molar-refractivity contribution in [1.82, 2.24) is 92.9 Å². The van der Waals surface area contributed by atoms with Crippen molar-refractivity contribution in [2.75, 3.05) is 46.8 Å². The van der Waals surface area contributed by atoms with Crippen molar-refractivity contribution in [2.45, 2.75) is 254 Å². The van der Waals surface area contributed by atoms with Crippen LogP contribution in [0.1, 0.15) is 234 Å². The Bertz CT molecular complexity index is 5470. The van der Waals surface area contributed by atoms with Gasteiger partial charge in [0.2, 0.25) is 47.3 Å². The van der Waals surface area contributed by atoms with Crippen LogP contribution in [0.5, 0.6) is 0 Å². The van der Waals surface area contributed by atoms with E-state index in [1.165, 1.54) is 19.9 Å². The summed E-state index contributed by atoms with van der Waals surface area (Å²) in [4.78, 5) is 209. The van der Waals surface area contributed by atoms with E-state index in [1.54, 1.807) is 127 Å². The molecule has 3 aromatic carbocycles. The molecule has 35 heteroatoms. The number of aromatic nitrogens is 4. The van der Waals surface area contributed by atoms with Crippen LogP contribution in [-0.2, 0) is 81.3 Å². The lowest BCUT2D eigenvalue weighted by Crippen LogP contribution is -2.62. The normalized spacial score (nSPS) is 26.4. The molecule has 0 saturated carbocycles. The Morgan fingerprint density at radius 2 is 0.774 bits per heavy atom. The van der Waals surface area contributed by atoms with Crippen LogP contribution in [0, 0.1) is 34.0 Å². The summed E-state index contributed by atoms with van der Waals surface area (Å²) in [5.41, 5.74) is 11.7. The topological polar surface area (TPSA) is 443 Å². The number of rotatable bonds is 7. The number of nitrogens with one attached hydrogen (secondary N) is 9. The van der Waals surface area contributed by atoms with Crippen LogP contribution in [0.15, 0.2) is 103 Å². The number of pyridine rings is 2. The van der Waals surface area contributed by atoms with E-state index in [0.717, 1.165) is 52.1 Å². The lowest BCUT2D eigenvalue weighted by atomic mass is 9.89. The maximum atomic E-state index is 14.0. The summed E-state index contributed by atoms with van der Waals surface area (Å²) in [7, 11) is 3.12. The summed E-state index contributed by atoms with van der Waals surface area (Å²) in [5, 5.41) is 23.4.